The number of oxime groups is 1. The molecule has 0 aliphatic heterocycles. The molecule has 0 radical (unpaired) electrons. The molecule has 3 heteroatoms. The van der Waals surface area contributed by atoms with Gasteiger partial charge < -0.3 is 5.21 Å². The van der Waals surface area contributed by atoms with Crippen LogP contribution in [0.5, 0.6) is 0 Å². The van der Waals surface area contributed by atoms with Crippen LogP contribution in [0.1, 0.15) is 12.5 Å². The molecular formula is C8H9NOS. The summed E-state index contributed by atoms with van der Waals surface area (Å²) >= 11 is 4.20. The van der Waals surface area contributed by atoms with Crippen molar-refractivity contribution in [2.45, 2.75) is 11.8 Å². The molecule has 0 heterocycles. The van der Waals surface area contributed by atoms with Crippen molar-refractivity contribution < 1.29 is 5.21 Å². The van der Waals surface area contributed by atoms with E-state index in [-0.39, 0.29) is 0 Å². The molecule has 0 aliphatic rings. The molecule has 1 aromatic rings. The normalized spacial score (nSPS) is 11.6. The van der Waals surface area contributed by atoms with Gasteiger partial charge >= 0.3 is 0 Å². The van der Waals surface area contributed by atoms with Gasteiger partial charge in [0.25, 0.3) is 0 Å². The van der Waals surface area contributed by atoms with Crippen molar-refractivity contribution in [3.05, 3.63) is 29.8 Å². The van der Waals surface area contributed by atoms with Gasteiger partial charge in [-0.05, 0) is 13.0 Å². The van der Waals surface area contributed by atoms with E-state index in [2.05, 4.69) is 17.8 Å². The predicted octanol–water partition coefficient (Wildman–Crippen LogP) is 2.17. The second kappa shape index (κ2) is 3.44. The molecule has 1 rings (SSSR count). The maximum atomic E-state index is 8.47. The number of nitrogens with zero attached hydrogens (tertiary/aromatic N) is 1. The summed E-state index contributed by atoms with van der Waals surface area (Å²) in [7, 11) is 0. The lowest BCUT2D eigenvalue weighted by Gasteiger charge is -2.00. The lowest BCUT2D eigenvalue weighted by atomic mass is 10.1. The van der Waals surface area contributed by atoms with E-state index < -0.39 is 0 Å². The van der Waals surface area contributed by atoms with Crippen LogP contribution in [0, 0.1) is 0 Å². The van der Waals surface area contributed by atoms with Crippen LogP contribution in [0.2, 0.25) is 0 Å². The minimum Gasteiger partial charge on any atom is -0.411 e. The van der Waals surface area contributed by atoms with E-state index in [9.17, 15) is 0 Å². The summed E-state index contributed by atoms with van der Waals surface area (Å²) in [6.45, 7) is 1.73. The average molecular weight is 167 g/mol. The van der Waals surface area contributed by atoms with Crippen LogP contribution in [-0.2, 0) is 0 Å². The largest absolute Gasteiger partial charge is 0.411 e. The molecule has 11 heavy (non-hydrogen) atoms. The summed E-state index contributed by atoms with van der Waals surface area (Å²) in [5, 5.41) is 11.6. The van der Waals surface area contributed by atoms with E-state index >= 15 is 0 Å². The zero-order valence-corrected chi connectivity index (χ0v) is 7.05. The van der Waals surface area contributed by atoms with Gasteiger partial charge in [0.2, 0.25) is 0 Å². The second-order valence-corrected chi connectivity index (χ2v) is 2.68. The van der Waals surface area contributed by atoms with Gasteiger partial charge in [-0.15, -0.1) is 12.6 Å². The summed E-state index contributed by atoms with van der Waals surface area (Å²) in [4.78, 5) is 0.822. The van der Waals surface area contributed by atoms with Crippen molar-refractivity contribution in [3.8, 4) is 0 Å². The van der Waals surface area contributed by atoms with E-state index in [1.807, 2.05) is 24.3 Å². The first kappa shape index (κ1) is 8.14. The van der Waals surface area contributed by atoms with E-state index in [0.29, 0.717) is 5.71 Å². The summed E-state index contributed by atoms with van der Waals surface area (Å²) in [6.07, 6.45) is 0. The van der Waals surface area contributed by atoms with Gasteiger partial charge in [-0.1, -0.05) is 23.4 Å². The highest BCUT2D eigenvalue weighted by molar-refractivity contribution is 7.80. The highest BCUT2D eigenvalue weighted by atomic mass is 32.1. The third kappa shape index (κ3) is 1.74. The number of hydrogen-bond donors (Lipinski definition) is 2. The fraction of sp³-hybridized carbons (Fsp3) is 0.125. The molecule has 0 saturated heterocycles. The van der Waals surface area contributed by atoms with Gasteiger partial charge in [-0.3, -0.25) is 0 Å². The Morgan fingerprint density at radius 1 is 1.45 bits per heavy atom. The number of hydrogen-bond acceptors (Lipinski definition) is 3. The van der Waals surface area contributed by atoms with Crippen molar-refractivity contribution in [2.75, 3.05) is 0 Å². The zero-order valence-electron chi connectivity index (χ0n) is 6.15. The number of thiol groups is 1. The summed E-state index contributed by atoms with van der Waals surface area (Å²) in [6, 6.07) is 7.48. The molecule has 0 unspecified atom stereocenters. The molecule has 0 bridgehead atoms. The maximum Gasteiger partial charge on any atom is 0.0848 e. The first-order valence-corrected chi connectivity index (χ1v) is 3.67. The Morgan fingerprint density at radius 2 is 2.09 bits per heavy atom. The van der Waals surface area contributed by atoms with Crippen LogP contribution in [-0.4, -0.2) is 10.9 Å². The molecular weight excluding hydrogens is 158 g/mol. The summed E-state index contributed by atoms with van der Waals surface area (Å²) in [5.74, 6) is 0. The van der Waals surface area contributed by atoms with Crippen molar-refractivity contribution in [1.82, 2.24) is 0 Å². The van der Waals surface area contributed by atoms with Crippen molar-refractivity contribution in [3.63, 3.8) is 0 Å². The number of benzene rings is 1. The smallest absolute Gasteiger partial charge is 0.0848 e. The van der Waals surface area contributed by atoms with E-state index in [1.54, 1.807) is 6.92 Å². The molecule has 0 fully saturated rings. The highest BCUT2D eigenvalue weighted by Crippen LogP contribution is 2.13. The Morgan fingerprint density at radius 3 is 2.64 bits per heavy atom. The molecule has 2 nitrogen and oxygen atoms in total. The molecule has 0 amide bonds. The number of rotatable bonds is 1. The van der Waals surface area contributed by atoms with Crippen LogP contribution in [0.3, 0.4) is 0 Å². The Balaban J connectivity index is 3.14. The first-order chi connectivity index (χ1) is 5.25. The Hall–Kier alpha value is -0.960. The van der Waals surface area contributed by atoms with Crippen molar-refractivity contribution in [1.29, 1.82) is 0 Å². The molecule has 1 N–H and O–H groups in total. The van der Waals surface area contributed by atoms with Gasteiger partial charge in [0.05, 0.1) is 5.71 Å². The average Bonchev–Trinajstić information content (AvgIpc) is 2.04. The fourth-order valence-corrected chi connectivity index (χ4v) is 1.16. The second-order valence-electron chi connectivity index (χ2n) is 2.20. The summed E-state index contributed by atoms with van der Waals surface area (Å²) < 4.78 is 0. The Kier molecular flexibility index (Phi) is 2.54. The van der Waals surface area contributed by atoms with E-state index in [1.165, 1.54) is 0 Å². The standard InChI is InChI=1S/C8H9NOS/c1-6(9-10)7-4-2-3-5-8(7)11/h2-5,10-11H,1H3/b9-6-. The molecule has 0 saturated carbocycles. The molecule has 0 spiro atoms. The van der Waals surface area contributed by atoms with Crippen LogP contribution >= 0.6 is 12.6 Å². The quantitative estimate of drug-likeness (QED) is 0.286. The fourth-order valence-electron chi connectivity index (χ4n) is 0.833. The van der Waals surface area contributed by atoms with Crippen molar-refractivity contribution >= 4 is 18.3 Å². The minimum atomic E-state index is 0.579. The van der Waals surface area contributed by atoms with Gasteiger partial charge in [0.1, 0.15) is 0 Å². The first-order valence-electron chi connectivity index (χ1n) is 3.22. The van der Waals surface area contributed by atoms with Gasteiger partial charge in [0.15, 0.2) is 0 Å². The third-order valence-electron chi connectivity index (χ3n) is 1.44. The van der Waals surface area contributed by atoms with Gasteiger partial charge in [-0.2, -0.15) is 0 Å². The third-order valence-corrected chi connectivity index (χ3v) is 1.83. The minimum absolute atomic E-state index is 0.579. The molecule has 1 aromatic carbocycles. The SMILES string of the molecule is C/C(=N/O)c1ccccc1S. The van der Waals surface area contributed by atoms with Crippen LogP contribution in [0.4, 0.5) is 0 Å². The van der Waals surface area contributed by atoms with E-state index in [0.717, 1.165) is 10.5 Å². The zero-order chi connectivity index (χ0) is 8.27. The topological polar surface area (TPSA) is 32.6 Å². The lowest BCUT2D eigenvalue weighted by Crippen LogP contribution is -1.94. The predicted molar refractivity (Wildman–Crippen MR) is 47.7 cm³/mol. The molecule has 0 aliphatic carbocycles. The van der Waals surface area contributed by atoms with Gasteiger partial charge in [0, 0.05) is 10.5 Å². The van der Waals surface area contributed by atoms with Crippen LogP contribution < -0.4 is 0 Å². The highest BCUT2D eigenvalue weighted by Gasteiger charge is 1.99. The molecule has 58 valence electrons. The van der Waals surface area contributed by atoms with Crippen LogP contribution in [0.15, 0.2) is 34.3 Å². The monoisotopic (exact) mass is 167 g/mol. The Labute approximate surface area is 71.0 Å². The van der Waals surface area contributed by atoms with Crippen molar-refractivity contribution in [2.24, 2.45) is 5.16 Å². The molecule has 0 aromatic heterocycles. The Bertz CT molecular complexity index is 283. The maximum absolute atomic E-state index is 8.47. The van der Waals surface area contributed by atoms with Crippen LogP contribution in [0.25, 0.3) is 0 Å². The molecule has 0 atom stereocenters. The van der Waals surface area contributed by atoms with Gasteiger partial charge in [-0.25, -0.2) is 0 Å². The lowest BCUT2D eigenvalue weighted by molar-refractivity contribution is 0.319. The summed E-state index contributed by atoms with van der Waals surface area (Å²) in [5.41, 5.74) is 1.44. The van der Waals surface area contributed by atoms with E-state index in [4.69, 9.17) is 5.21 Å².